The van der Waals surface area contributed by atoms with Crippen LogP contribution in [0.3, 0.4) is 0 Å². The van der Waals surface area contributed by atoms with E-state index in [0.717, 1.165) is 0 Å². The van der Waals surface area contributed by atoms with Gasteiger partial charge in [-0.3, -0.25) is 4.57 Å². The summed E-state index contributed by atoms with van der Waals surface area (Å²) in [5.74, 6) is -1.40. The van der Waals surface area contributed by atoms with Crippen molar-refractivity contribution in [2.24, 2.45) is 0 Å². The summed E-state index contributed by atoms with van der Waals surface area (Å²) in [6.07, 6.45) is -1.06. The van der Waals surface area contributed by atoms with Gasteiger partial charge in [0.25, 0.3) is 0 Å². The molecule has 2 aromatic rings. The van der Waals surface area contributed by atoms with E-state index in [1.165, 1.54) is 16.8 Å². The first-order valence-corrected chi connectivity index (χ1v) is 9.11. The van der Waals surface area contributed by atoms with Gasteiger partial charge in [-0.2, -0.15) is 10.5 Å². The highest BCUT2D eigenvalue weighted by molar-refractivity contribution is 5.89. The van der Waals surface area contributed by atoms with Crippen molar-refractivity contribution in [2.45, 2.75) is 44.2 Å². The van der Waals surface area contributed by atoms with Crippen molar-refractivity contribution in [1.82, 2.24) is 9.55 Å². The van der Waals surface area contributed by atoms with E-state index >= 15 is 0 Å². The lowest BCUT2D eigenvalue weighted by Crippen LogP contribution is -2.35. The lowest BCUT2D eigenvalue weighted by atomic mass is 10.1. The molecule has 0 saturated carbocycles. The number of aromatic nitrogens is 2. The van der Waals surface area contributed by atoms with Crippen molar-refractivity contribution >= 4 is 11.8 Å². The average molecular weight is 403 g/mol. The molecule has 10 nitrogen and oxygen atoms in total. The average Bonchev–Trinajstić information content (AvgIpc) is 3.19. The van der Waals surface area contributed by atoms with Crippen LogP contribution in [-0.2, 0) is 19.0 Å². The van der Waals surface area contributed by atoms with Gasteiger partial charge in [0.2, 0.25) is 0 Å². The van der Waals surface area contributed by atoms with Crippen LogP contribution in [0.15, 0.2) is 47.4 Å². The van der Waals surface area contributed by atoms with Crippen molar-refractivity contribution < 1.29 is 28.9 Å². The first kappa shape index (κ1) is 19.5. The van der Waals surface area contributed by atoms with Crippen LogP contribution in [0, 0.1) is 0 Å². The van der Waals surface area contributed by atoms with Gasteiger partial charge < -0.3 is 24.2 Å². The van der Waals surface area contributed by atoms with Crippen molar-refractivity contribution in [1.29, 1.82) is 0 Å². The third-order valence-electron chi connectivity index (χ3n) is 4.67. The number of aliphatic hydroxyl groups excluding tert-OH is 1. The Kier molecular flexibility index (Phi) is 5.09. The molecule has 0 radical (unpaired) electrons. The number of fused-ring (bicyclic) bond motifs is 1. The third kappa shape index (κ3) is 3.87. The zero-order valence-electron chi connectivity index (χ0n) is 15.8. The van der Waals surface area contributed by atoms with E-state index in [1.807, 2.05) is 0 Å². The number of benzene rings is 1. The topological polar surface area (TPSA) is 121 Å². The number of carbonyl (C=O) groups is 1. The summed E-state index contributed by atoms with van der Waals surface area (Å²) in [6.45, 7) is 3.24. The Hall–Kier alpha value is -2.79. The van der Waals surface area contributed by atoms with Crippen LogP contribution in [0.4, 0.5) is 5.82 Å². The second kappa shape index (κ2) is 7.56. The molecule has 3 heterocycles. The van der Waals surface area contributed by atoms with Gasteiger partial charge in [-0.05, 0) is 26.0 Å². The minimum atomic E-state index is -0.852. The summed E-state index contributed by atoms with van der Waals surface area (Å²) in [5.41, 5.74) is 2.09. The molecule has 0 unspecified atom stereocenters. The molecule has 1 aromatic carbocycles. The third-order valence-corrected chi connectivity index (χ3v) is 4.67. The van der Waals surface area contributed by atoms with Gasteiger partial charge in [-0.1, -0.05) is 18.2 Å². The van der Waals surface area contributed by atoms with E-state index in [1.54, 1.807) is 44.2 Å². The number of anilines is 1. The van der Waals surface area contributed by atoms with Gasteiger partial charge in [0, 0.05) is 12.3 Å². The predicted molar refractivity (Wildman–Crippen MR) is 98.8 cm³/mol. The first-order valence-electron chi connectivity index (χ1n) is 9.11. The predicted octanol–water partition coefficient (Wildman–Crippen LogP) is 0.837. The van der Waals surface area contributed by atoms with E-state index in [4.69, 9.17) is 19.0 Å². The Balaban J connectivity index is 1.48. The molecule has 29 heavy (non-hydrogen) atoms. The Morgan fingerprint density at radius 2 is 1.97 bits per heavy atom. The molecule has 0 spiro atoms. The van der Waals surface area contributed by atoms with Gasteiger partial charge in [0.1, 0.15) is 18.3 Å². The summed E-state index contributed by atoms with van der Waals surface area (Å²) >= 11 is 0. The number of rotatable bonds is 5. The van der Waals surface area contributed by atoms with Gasteiger partial charge in [-0.15, -0.1) is 0 Å². The highest BCUT2D eigenvalue weighted by atomic mass is 16.8. The van der Waals surface area contributed by atoms with Gasteiger partial charge in [0.15, 0.2) is 17.8 Å². The van der Waals surface area contributed by atoms with E-state index in [-0.39, 0.29) is 12.4 Å². The number of nitrogens with one attached hydrogen (secondary N) is 1. The van der Waals surface area contributed by atoms with Crippen LogP contribution in [-0.4, -0.2) is 51.3 Å². The van der Waals surface area contributed by atoms with Crippen LogP contribution in [0.1, 0.15) is 30.4 Å². The van der Waals surface area contributed by atoms with Gasteiger partial charge >= 0.3 is 11.7 Å². The van der Waals surface area contributed by atoms with Crippen LogP contribution < -0.4 is 11.2 Å². The summed E-state index contributed by atoms with van der Waals surface area (Å²) in [6, 6.07) is 9.87. The molecular weight excluding hydrogens is 382 g/mol. The zero-order chi connectivity index (χ0) is 20.6. The van der Waals surface area contributed by atoms with Crippen molar-refractivity contribution in [2.75, 3.05) is 12.1 Å². The molecule has 2 N–H and O–H groups in total. The Bertz CT molecular complexity index is 946. The summed E-state index contributed by atoms with van der Waals surface area (Å²) in [5, 5.41) is 9.56. The van der Waals surface area contributed by atoms with E-state index in [2.05, 4.69) is 10.5 Å². The van der Waals surface area contributed by atoms with Crippen molar-refractivity contribution in [3.05, 3.63) is 58.6 Å². The maximum absolute atomic E-state index is 12.5. The molecule has 10 heteroatoms. The molecular formula is C19H21N3O7. The Morgan fingerprint density at radius 1 is 1.24 bits per heavy atom. The zero-order valence-corrected chi connectivity index (χ0v) is 15.8. The van der Waals surface area contributed by atoms with Crippen LogP contribution in [0.25, 0.3) is 0 Å². The molecule has 4 atom stereocenters. The first-order chi connectivity index (χ1) is 13.9. The highest BCUT2D eigenvalue weighted by Gasteiger charge is 2.55. The van der Waals surface area contributed by atoms with Gasteiger partial charge in [-0.25, -0.2) is 9.59 Å². The molecule has 1 aromatic heterocycles. The number of aliphatic hydroxyl groups is 1. The second-order valence-corrected chi connectivity index (χ2v) is 7.17. The van der Waals surface area contributed by atoms with E-state index < -0.39 is 42.0 Å². The smallest absolute Gasteiger partial charge is 0.362 e. The number of nitrogens with zero attached hydrogens (tertiary/aromatic N) is 2. The van der Waals surface area contributed by atoms with Gasteiger partial charge in [0.05, 0.1) is 12.2 Å². The lowest BCUT2D eigenvalue weighted by molar-refractivity contribution is -0.200. The molecule has 2 fully saturated rings. The molecule has 0 bridgehead atoms. The number of hydrogen-bond acceptors (Lipinski definition) is 9. The number of carbonyl (C=O) groups excluding carboxylic acids is 1. The fourth-order valence-corrected chi connectivity index (χ4v) is 3.43. The molecule has 2 aliphatic rings. The number of ether oxygens (including phenoxy) is 3. The van der Waals surface area contributed by atoms with Crippen molar-refractivity contribution in [3.63, 3.8) is 0 Å². The minimum Gasteiger partial charge on any atom is -0.394 e. The monoisotopic (exact) mass is 403 g/mol. The normalized spacial score (nSPS) is 27.4. The van der Waals surface area contributed by atoms with Crippen LogP contribution in [0.2, 0.25) is 0 Å². The molecule has 2 saturated heterocycles. The lowest BCUT2D eigenvalue weighted by Gasteiger charge is -2.24. The van der Waals surface area contributed by atoms with E-state index in [0.29, 0.717) is 5.56 Å². The highest BCUT2D eigenvalue weighted by Crippen LogP contribution is 2.42. The Labute approximate surface area is 165 Å². The molecule has 0 amide bonds. The minimum absolute atomic E-state index is 0.0627. The van der Waals surface area contributed by atoms with Crippen molar-refractivity contribution in [3.8, 4) is 0 Å². The maximum atomic E-state index is 12.5. The molecule has 4 rings (SSSR count). The summed E-state index contributed by atoms with van der Waals surface area (Å²) in [4.78, 5) is 33.3. The standard InChI is InChI=1S/C19H21N3O7/c1-19(2)27-14-12(10-23)26-16(15(14)28-19)22-9-8-13(20-18(22)25)21-29-17(24)11-6-4-3-5-7-11/h3-9,12,14-16,23H,10H2,1-2H3,(H,20,21,25)/t12-,14-,15-,16-/m1/s1. The second-order valence-electron chi connectivity index (χ2n) is 7.17. The number of hydrogen-bond donors (Lipinski definition) is 2. The molecule has 0 aliphatic carbocycles. The summed E-state index contributed by atoms with van der Waals surface area (Å²) in [7, 11) is 0. The fourth-order valence-electron chi connectivity index (χ4n) is 3.43. The van der Waals surface area contributed by atoms with E-state index in [9.17, 15) is 14.7 Å². The summed E-state index contributed by atoms with van der Waals surface area (Å²) < 4.78 is 18.6. The molecule has 154 valence electrons. The quantitative estimate of drug-likeness (QED) is 0.699. The maximum Gasteiger partial charge on any atom is 0.362 e. The fraction of sp³-hybridized carbons (Fsp3) is 0.421. The van der Waals surface area contributed by atoms with Crippen LogP contribution in [0.5, 0.6) is 0 Å². The van der Waals surface area contributed by atoms with Crippen LogP contribution >= 0.6 is 0 Å². The molecule has 2 aliphatic heterocycles. The Morgan fingerprint density at radius 3 is 2.66 bits per heavy atom. The SMILES string of the molecule is CC1(C)O[C@@H]2[C@H](O1)[C@@H](CO)O[C@H]2n1ccc(NOC(=O)c2ccccc2)nc1=O. The largest absolute Gasteiger partial charge is 0.394 e.